The number of carbonyl (C=O) groups excluding carboxylic acids is 2. The molecule has 0 radical (unpaired) electrons. The molecule has 1 aromatic rings. The van der Waals surface area contributed by atoms with E-state index in [4.69, 9.17) is 0 Å². The van der Waals surface area contributed by atoms with Gasteiger partial charge in [0, 0.05) is 6.54 Å². The quantitative estimate of drug-likeness (QED) is 0.532. The molecule has 2 N–H and O–H groups in total. The summed E-state index contributed by atoms with van der Waals surface area (Å²) in [5.74, 6) is 0.0830. The van der Waals surface area contributed by atoms with Gasteiger partial charge in [0.15, 0.2) is 10.1 Å². The standard InChI is InChI=1S/C13H20N4O2S2/c1-5-6-14-12-16-17-13(21-12)20-7-10(19)15-11(8(2)3)9(4)18/h5,8,11H,1,6-7H2,2-4H3,(H,14,16)(H,15,19). The second-order valence-electron chi connectivity index (χ2n) is 4.73. The Kier molecular flexibility index (Phi) is 7.38. The number of hydrogen-bond acceptors (Lipinski definition) is 7. The molecule has 0 saturated heterocycles. The Balaban J connectivity index is 2.43. The first-order valence-electron chi connectivity index (χ1n) is 6.55. The molecular formula is C13H20N4O2S2. The largest absolute Gasteiger partial charge is 0.357 e. The Labute approximate surface area is 132 Å². The maximum absolute atomic E-state index is 11.9. The Bertz CT molecular complexity index is 502. The third-order valence-electron chi connectivity index (χ3n) is 2.55. The van der Waals surface area contributed by atoms with E-state index in [1.807, 2.05) is 13.8 Å². The molecule has 1 amide bonds. The van der Waals surface area contributed by atoms with Crippen molar-refractivity contribution in [3.63, 3.8) is 0 Å². The second kappa shape index (κ2) is 8.78. The highest BCUT2D eigenvalue weighted by Crippen LogP contribution is 2.25. The minimum atomic E-state index is -0.433. The van der Waals surface area contributed by atoms with Gasteiger partial charge in [0.1, 0.15) is 0 Å². The summed E-state index contributed by atoms with van der Waals surface area (Å²) in [7, 11) is 0. The third kappa shape index (κ3) is 6.26. The Morgan fingerprint density at radius 1 is 1.43 bits per heavy atom. The summed E-state index contributed by atoms with van der Waals surface area (Å²) in [6.07, 6.45) is 1.73. The molecule has 1 rings (SSSR count). The van der Waals surface area contributed by atoms with Crippen LogP contribution in [0.4, 0.5) is 5.13 Å². The summed E-state index contributed by atoms with van der Waals surface area (Å²) in [6, 6.07) is -0.433. The van der Waals surface area contributed by atoms with Gasteiger partial charge < -0.3 is 10.6 Å². The van der Waals surface area contributed by atoms with Crippen LogP contribution in [0.1, 0.15) is 20.8 Å². The molecular weight excluding hydrogens is 308 g/mol. The van der Waals surface area contributed by atoms with Crippen LogP contribution in [-0.2, 0) is 9.59 Å². The number of amides is 1. The lowest BCUT2D eigenvalue weighted by Gasteiger charge is -2.19. The summed E-state index contributed by atoms with van der Waals surface area (Å²) in [5.41, 5.74) is 0. The van der Waals surface area contributed by atoms with Gasteiger partial charge in [0.05, 0.1) is 11.8 Å². The number of rotatable bonds is 9. The van der Waals surface area contributed by atoms with Gasteiger partial charge in [-0.05, 0) is 12.8 Å². The Morgan fingerprint density at radius 2 is 2.14 bits per heavy atom. The zero-order chi connectivity index (χ0) is 15.8. The summed E-state index contributed by atoms with van der Waals surface area (Å²) in [4.78, 5) is 23.3. The Morgan fingerprint density at radius 3 is 2.71 bits per heavy atom. The van der Waals surface area contributed by atoms with Crippen molar-refractivity contribution in [2.75, 3.05) is 17.6 Å². The van der Waals surface area contributed by atoms with E-state index in [2.05, 4.69) is 27.4 Å². The van der Waals surface area contributed by atoms with E-state index in [-0.39, 0.29) is 23.4 Å². The molecule has 1 aromatic heterocycles. The molecule has 0 aromatic carbocycles. The van der Waals surface area contributed by atoms with Crippen LogP contribution in [0.3, 0.4) is 0 Å². The highest BCUT2D eigenvalue weighted by Gasteiger charge is 2.20. The van der Waals surface area contributed by atoms with E-state index in [1.165, 1.54) is 30.0 Å². The number of thioether (sulfide) groups is 1. The number of hydrogen-bond donors (Lipinski definition) is 2. The van der Waals surface area contributed by atoms with Crippen LogP contribution < -0.4 is 10.6 Å². The lowest BCUT2D eigenvalue weighted by molar-refractivity contribution is -0.126. The van der Waals surface area contributed by atoms with Crippen LogP contribution in [-0.4, -0.2) is 40.2 Å². The SMILES string of the molecule is C=CCNc1nnc(SCC(=O)NC(C(C)=O)C(C)C)s1. The fourth-order valence-electron chi connectivity index (χ4n) is 1.58. The van der Waals surface area contributed by atoms with Crippen LogP contribution in [0, 0.1) is 5.92 Å². The fraction of sp³-hybridized carbons (Fsp3) is 0.538. The average Bonchev–Trinajstić information content (AvgIpc) is 2.87. The highest BCUT2D eigenvalue weighted by molar-refractivity contribution is 8.01. The number of carbonyl (C=O) groups is 2. The van der Waals surface area contributed by atoms with Crippen molar-refractivity contribution in [1.82, 2.24) is 15.5 Å². The topological polar surface area (TPSA) is 84.0 Å². The van der Waals surface area contributed by atoms with Crippen molar-refractivity contribution in [2.45, 2.75) is 31.2 Å². The van der Waals surface area contributed by atoms with Crippen LogP contribution in [0.2, 0.25) is 0 Å². The monoisotopic (exact) mass is 328 g/mol. The second-order valence-corrected chi connectivity index (χ2v) is 6.93. The van der Waals surface area contributed by atoms with Crippen molar-refractivity contribution in [3.05, 3.63) is 12.7 Å². The van der Waals surface area contributed by atoms with E-state index in [9.17, 15) is 9.59 Å². The Hall–Kier alpha value is -1.41. The normalized spacial score (nSPS) is 12.0. The highest BCUT2D eigenvalue weighted by atomic mass is 32.2. The number of ketones is 1. The van der Waals surface area contributed by atoms with Crippen LogP contribution >= 0.6 is 23.1 Å². The average molecular weight is 328 g/mol. The molecule has 0 saturated carbocycles. The van der Waals surface area contributed by atoms with Crippen molar-refractivity contribution in [2.24, 2.45) is 5.92 Å². The van der Waals surface area contributed by atoms with Gasteiger partial charge in [-0.25, -0.2) is 0 Å². The van der Waals surface area contributed by atoms with Gasteiger partial charge in [-0.15, -0.1) is 16.8 Å². The van der Waals surface area contributed by atoms with E-state index in [0.717, 1.165) is 0 Å². The molecule has 8 heteroatoms. The molecule has 21 heavy (non-hydrogen) atoms. The summed E-state index contributed by atoms with van der Waals surface area (Å²) < 4.78 is 0.709. The predicted octanol–water partition coefficient (Wildman–Crippen LogP) is 1.96. The summed E-state index contributed by atoms with van der Waals surface area (Å²) in [6.45, 7) is 9.52. The molecule has 0 aliphatic heterocycles. The first-order valence-corrected chi connectivity index (χ1v) is 8.35. The number of anilines is 1. The molecule has 1 atom stereocenters. The predicted molar refractivity (Wildman–Crippen MR) is 86.8 cm³/mol. The van der Waals surface area contributed by atoms with E-state index in [0.29, 0.717) is 16.0 Å². The van der Waals surface area contributed by atoms with Crippen molar-refractivity contribution < 1.29 is 9.59 Å². The molecule has 0 aliphatic carbocycles. The number of Topliss-reactive ketones (excluding diaryl/α,β-unsaturated/α-hetero) is 1. The first kappa shape index (κ1) is 17.6. The maximum Gasteiger partial charge on any atom is 0.231 e. The van der Waals surface area contributed by atoms with Crippen LogP contribution in [0.25, 0.3) is 0 Å². The van der Waals surface area contributed by atoms with Gasteiger partial charge in [0.2, 0.25) is 11.0 Å². The van der Waals surface area contributed by atoms with E-state index < -0.39 is 6.04 Å². The fourth-order valence-corrected chi connectivity index (χ4v) is 3.15. The molecule has 0 spiro atoms. The molecule has 0 bridgehead atoms. The smallest absolute Gasteiger partial charge is 0.231 e. The van der Waals surface area contributed by atoms with Gasteiger partial charge in [0.25, 0.3) is 0 Å². The van der Waals surface area contributed by atoms with E-state index in [1.54, 1.807) is 6.08 Å². The minimum absolute atomic E-state index is 0.0322. The summed E-state index contributed by atoms with van der Waals surface area (Å²) in [5, 5.41) is 14.4. The maximum atomic E-state index is 11.9. The van der Waals surface area contributed by atoms with Crippen molar-refractivity contribution >= 4 is 39.9 Å². The summed E-state index contributed by atoms with van der Waals surface area (Å²) >= 11 is 2.69. The van der Waals surface area contributed by atoms with Gasteiger partial charge in [-0.3, -0.25) is 9.59 Å². The van der Waals surface area contributed by atoms with Gasteiger partial charge in [-0.1, -0.05) is 43.0 Å². The van der Waals surface area contributed by atoms with Gasteiger partial charge >= 0.3 is 0 Å². The first-order chi connectivity index (χ1) is 9.93. The molecule has 0 aliphatic rings. The number of nitrogens with one attached hydrogen (secondary N) is 2. The molecule has 1 unspecified atom stereocenters. The molecule has 0 fully saturated rings. The van der Waals surface area contributed by atoms with Crippen LogP contribution in [0.15, 0.2) is 17.0 Å². The third-order valence-corrected chi connectivity index (χ3v) is 4.57. The number of nitrogens with zero attached hydrogens (tertiary/aromatic N) is 2. The van der Waals surface area contributed by atoms with Crippen molar-refractivity contribution in [1.29, 1.82) is 0 Å². The van der Waals surface area contributed by atoms with Gasteiger partial charge in [-0.2, -0.15) is 0 Å². The molecule has 6 nitrogen and oxygen atoms in total. The molecule has 1 heterocycles. The zero-order valence-corrected chi connectivity index (χ0v) is 14.0. The minimum Gasteiger partial charge on any atom is -0.357 e. The molecule has 116 valence electrons. The van der Waals surface area contributed by atoms with Crippen LogP contribution in [0.5, 0.6) is 0 Å². The zero-order valence-electron chi connectivity index (χ0n) is 12.4. The van der Waals surface area contributed by atoms with E-state index >= 15 is 0 Å². The van der Waals surface area contributed by atoms with Crippen molar-refractivity contribution in [3.8, 4) is 0 Å². The number of aromatic nitrogens is 2. The lowest BCUT2D eigenvalue weighted by Crippen LogP contribution is -2.44. The lowest BCUT2D eigenvalue weighted by atomic mass is 10.0.